The molecule has 0 aliphatic carbocycles. The van der Waals surface area contributed by atoms with Gasteiger partial charge in [0.1, 0.15) is 11.6 Å². The second kappa shape index (κ2) is 5.48. The Kier molecular flexibility index (Phi) is 3.50. The zero-order valence-corrected chi connectivity index (χ0v) is 11.7. The number of carbonyl (C=O) groups is 1. The highest BCUT2D eigenvalue weighted by Crippen LogP contribution is 2.15. The van der Waals surface area contributed by atoms with Crippen LogP contribution in [0.2, 0.25) is 0 Å². The SMILES string of the molecule is Cc1ccc2oc(=O)n(C(=O)COc3ccc(F)cc3)c2c1. The van der Waals surface area contributed by atoms with Crippen LogP contribution in [0.4, 0.5) is 4.39 Å². The fraction of sp³-hybridized carbons (Fsp3) is 0.125. The summed E-state index contributed by atoms with van der Waals surface area (Å²) >= 11 is 0. The summed E-state index contributed by atoms with van der Waals surface area (Å²) in [6.45, 7) is 1.49. The number of nitrogens with zero attached hydrogens (tertiary/aromatic N) is 1. The highest BCUT2D eigenvalue weighted by Gasteiger charge is 2.16. The predicted octanol–water partition coefficient (Wildman–Crippen LogP) is 2.76. The molecular formula is C16H12FNO4. The van der Waals surface area contributed by atoms with Crippen molar-refractivity contribution in [3.05, 3.63) is 64.4 Å². The molecule has 3 rings (SSSR count). The van der Waals surface area contributed by atoms with E-state index in [0.29, 0.717) is 16.8 Å². The van der Waals surface area contributed by atoms with E-state index in [1.54, 1.807) is 18.2 Å². The van der Waals surface area contributed by atoms with Crippen molar-refractivity contribution in [2.24, 2.45) is 0 Å². The van der Waals surface area contributed by atoms with Crippen LogP contribution in [0.5, 0.6) is 5.75 Å². The van der Waals surface area contributed by atoms with Gasteiger partial charge in [0.05, 0.1) is 5.52 Å². The molecule has 1 heterocycles. The van der Waals surface area contributed by atoms with Gasteiger partial charge in [-0.05, 0) is 48.9 Å². The monoisotopic (exact) mass is 301 g/mol. The second-order valence-electron chi connectivity index (χ2n) is 4.81. The number of carbonyl (C=O) groups excluding carboxylic acids is 1. The van der Waals surface area contributed by atoms with E-state index in [9.17, 15) is 14.0 Å². The molecule has 0 atom stereocenters. The van der Waals surface area contributed by atoms with E-state index in [1.165, 1.54) is 24.3 Å². The van der Waals surface area contributed by atoms with Crippen LogP contribution in [0.3, 0.4) is 0 Å². The normalized spacial score (nSPS) is 10.8. The minimum atomic E-state index is -0.756. The molecule has 0 amide bonds. The van der Waals surface area contributed by atoms with Gasteiger partial charge in [0, 0.05) is 0 Å². The Hall–Kier alpha value is -2.89. The zero-order valence-electron chi connectivity index (χ0n) is 11.7. The maximum Gasteiger partial charge on any atom is 0.426 e. The summed E-state index contributed by atoms with van der Waals surface area (Å²) in [5.41, 5.74) is 1.64. The summed E-state index contributed by atoms with van der Waals surface area (Å²) in [5, 5.41) is 0. The van der Waals surface area contributed by atoms with E-state index in [2.05, 4.69) is 0 Å². The van der Waals surface area contributed by atoms with Crippen molar-refractivity contribution in [2.45, 2.75) is 6.92 Å². The van der Waals surface area contributed by atoms with Crippen LogP contribution in [-0.4, -0.2) is 17.1 Å². The lowest BCUT2D eigenvalue weighted by atomic mass is 10.2. The quantitative estimate of drug-likeness (QED) is 0.746. The molecule has 0 saturated carbocycles. The number of halogens is 1. The first-order chi connectivity index (χ1) is 10.5. The molecule has 0 spiro atoms. The molecule has 0 aliphatic rings. The first-order valence-corrected chi connectivity index (χ1v) is 6.58. The molecule has 0 radical (unpaired) electrons. The third-order valence-electron chi connectivity index (χ3n) is 3.16. The predicted molar refractivity (Wildman–Crippen MR) is 77.7 cm³/mol. The number of ether oxygens (including phenoxy) is 1. The van der Waals surface area contributed by atoms with Gasteiger partial charge in [-0.2, -0.15) is 0 Å². The Bertz CT molecular complexity index is 893. The largest absolute Gasteiger partial charge is 0.484 e. The minimum Gasteiger partial charge on any atom is -0.484 e. The van der Waals surface area contributed by atoms with E-state index in [4.69, 9.17) is 9.15 Å². The van der Waals surface area contributed by atoms with Gasteiger partial charge in [0.2, 0.25) is 0 Å². The van der Waals surface area contributed by atoms with E-state index >= 15 is 0 Å². The molecular weight excluding hydrogens is 289 g/mol. The lowest BCUT2D eigenvalue weighted by Gasteiger charge is -2.05. The van der Waals surface area contributed by atoms with E-state index in [-0.39, 0.29) is 6.61 Å². The first kappa shape index (κ1) is 14.1. The van der Waals surface area contributed by atoms with Gasteiger partial charge in [-0.3, -0.25) is 4.79 Å². The summed E-state index contributed by atoms with van der Waals surface area (Å²) in [4.78, 5) is 24.0. The van der Waals surface area contributed by atoms with Crippen molar-refractivity contribution in [3.8, 4) is 5.75 Å². The molecule has 1 aromatic heterocycles. The Morgan fingerprint density at radius 1 is 1.23 bits per heavy atom. The molecule has 0 bridgehead atoms. The summed E-state index contributed by atoms with van der Waals surface area (Å²) in [6.07, 6.45) is 0. The summed E-state index contributed by atoms with van der Waals surface area (Å²) in [6, 6.07) is 10.4. The summed E-state index contributed by atoms with van der Waals surface area (Å²) in [5.74, 6) is -1.37. The average molecular weight is 301 g/mol. The van der Waals surface area contributed by atoms with Crippen LogP contribution in [0.15, 0.2) is 51.7 Å². The summed E-state index contributed by atoms with van der Waals surface area (Å²) in [7, 11) is 0. The van der Waals surface area contributed by atoms with Crippen LogP contribution in [0.1, 0.15) is 10.4 Å². The molecule has 5 nitrogen and oxygen atoms in total. The van der Waals surface area contributed by atoms with Crippen LogP contribution in [-0.2, 0) is 0 Å². The van der Waals surface area contributed by atoms with Gasteiger partial charge < -0.3 is 9.15 Å². The molecule has 0 fully saturated rings. The van der Waals surface area contributed by atoms with Gasteiger partial charge in [0.25, 0.3) is 5.91 Å². The number of hydrogen-bond acceptors (Lipinski definition) is 4. The summed E-state index contributed by atoms with van der Waals surface area (Å²) < 4.78 is 24.0. The van der Waals surface area contributed by atoms with Crippen molar-refractivity contribution < 1.29 is 18.3 Å². The average Bonchev–Trinajstić information content (AvgIpc) is 2.81. The number of fused-ring (bicyclic) bond motifs is 1. The number of rotatable bonds is 3. The molecule has 0 aliphatic heterocycles. The van der Waals surface area contributed by atoms with Gasteiger partial charge in [-0.25, -0.2) is 13.8 Å². The number of aromatic nitrogens is 1. The Morgan fingerprint density at radius 3 is 2.68 bits per heavy atom. The second-order valence-corrected chi connectivity index (χ2v) is 4.81. The topological polar surface area (TPSA) is 61.4 Å². The third kappa shape index (κ3) is 2.63. The Labute approximate surface area is 124 Å². The van der Waals surface area contributed by atoms with E-state index in [1.807, 2.05) is 6.92 Å². The van der Waals surface area contributed by atoms with E-state index < -0.39 is 17.5 Å². The Morgan fingerprint density at radius 2 is 1.95 bits per heavy atom. The fourth-order valence-electron chi connectivity index (χ4n) is 2.10. The van der Waals surface area contributed by atoms with Crippen LogP contribution < -0.4 is 10.5 Å². The highest BCUT2D eigenvalue weighted by molar-refractivity contribution is 5.90. The first-order valence-electron chi connectivity index (χ1n) is 6.58. The van der Waals surface area contributed by atoms with Crippen LogP contribution in [0, 0.1) is 12.7 Å². The molecule has 0 unspecified atom stereocenters. The number of hydrogen-bond donors (Lipinski definition) is 0. The van der Waals surface area contributed by atoms with Crippen molar-refractivity contribution in [1.29, 1.82) is 0 Å². The van der Waals surface area contributed by atoms with Crippen molar-refractivity contribution in [3.63, 3.8) is 0 Å². The third-order valence-corrected chi connectivity index (χ3v) is 3.16. The van der Waals surface area contributed by atoms with Crippen molar-refractivity contribution >= 4 is 17.0 Å². The van der Waals surface area contributed by atoms with E-state index in [0.717, 1.165) is 10.1 Å². The van der Waals surface area contributed by atoms with Crippen LogP contribution >= 0.6 is 0 Å². The fourth-order valence-corrected chi connectivity index (χ4v) is 2.10. The lowest BCUT2D eigenvalue weighted by molar-refractivity contribution is 0.0834. The standard InChI is InChI=1S/C16H12FNO4/c1-10-2-7-14-13(8-10)18(16(20)22-14)15(19)9-21-12-5-3-11(17)4-6-12/h2-8H,9H2,1H3. The lowest BCUT2D eigenvalue weighted by Crippen LogP contribution is -2.27. The van der Waals surface area contributed by atoms with Gasteiger partial charge in [-0.1, -0.05) is 6.07 Å². The maximum absolute atomic E-state index is 12.8. The number of aryl methyl sites for hydroxylation is 1. The molecule has 6 heteroatoms. The smallest absolute Gasteiger partial charge is 0.426 e. The maximum atomic E-state index is 12.8. The number of benzene rings is 2. The molecule has 0 saturated heterocycles. The molecule has 112 valence electrons. The van der Waals surface area contributed by atoms with Crippen LogP contribution in [0.25, 0.3) is 11.1 Å². The molecule has 2 aromatic carbocycles. The molecule has 3 aromatic rings. The van der Waals surface area contributed by atoms with Gasteiger partial charge >= 0.3 is 5.76 Å². The highest BCUT2D eigenvalue weighted by atomic mass is 19.1. The molecule has 0 N–H and O–H groups in total. The van der Waals surface area contributed by atoms with Gasteiger partial charge in [0.15, 0.2) is 12.2 Å². The Balaban J connectivity index is 1.86. The van der Waals surface area contributed by atoms with Gasteiger partial charge in [-0.15, -0.1) is 0 Å². The zero-order chi connectivity index (χ0) is 15.7. The number of oxazole rings is 1. The van der Waals surface area contributed by atoms with Crippen molar-refractivity contribution in [2.75, 3.05) is 6.61 Å². The minimum absolute atomic E-state index is 0.339. The van der Waals surface area contributed by atoms with Crippen molar-refractivity contribution in [1.82, 2.24) is 4.57 Å². The molecule has 22 heavy (non-hydrogen) atoms.